The van der Waals surface area contributed by atoms with Gasteiger partial charge in [-0.2, -0.15) is 8.78 Å². The monoisotopic (exact) mass is 437 g/mol. The molecular formula is C22H16ClF4NO2. The van der Waals surface area contributed by atoms with E-state index in [4.69, 9.17) is 11.6 Å². The highest BCUT2D eigenvalue weighted by molar-refractivity contribution is 6.18. The molecular weight excluding hydrogens is 422 g/mol. The minimum absolute atomic E-state index is 0.0131. The maximum atomic E-state index is 13.8. The first kappa shape index (κ1) is 21.6. The van der Waals surface area contributed by atoms with Gasteiger partial charge in [0.05, 0.1) is 6.04 Å². The zero-order valence-corrected chi connectivity index (χ0v) is 16.2. The number of alkyl halides is 3. The smallest absolute Gasteiger partial charge is 0.387 e. The van der Waals surface area contributed by atoms with Gasteiger partial charge in [0.2, 0.25) is 0 Å². The van der Waals surface area contributed by atoms with Crippen LogP contribution in [-0.2, 0) is 0 Å². The summed E-state index contributed by atoms with van der Waals surface area (Å²) in [5.41, 5.74) is 1.53. The molecule has 3 aromatic carbocycles. The van der Waals surface area contributed by atoms with E-state index in [9.17, 15) is 22.4 Å². The molecule has 0 bridgehead atoms. The molecule has 0 aliphatic carbocycles. The molecule has 3 aromatic rings. The predicted octanol–water partition coefficient (Wildman–Crippen LogP) is 5.94. The third kappa shape index (κ3) is 5.10. The maximum absolute atomic E-state index is 13.8. The first-order chi connectivity index (χ1) is 14.4. The van der Waals surface area contributed by atoms with Crippen LogP contribution in [-0.4, -0.2) is 18.4 Å². The number of ether oxygens (including phenoxy) is 1. The number of hydrogen-bond acceptors (Lipinski definition) is 2. The van der Waals surface area contributed by atoms with Crippen LogP contribution in [0.15, 0.2) is 66.7 Å². The molecule has 1 atom stereocenters. The van der Waals surface area contributed by atoms with E-state index in [1.165, 1.54) is 18.2 Å². The molecule has 156 valence electrons. The van der Waals surface area contributed by atoms with Crippen molar-refractivity contribution in [2.24, 2.45) is 0 Å². The van der Waals surface area contributed by atoms with Crippen LogP contribution >= 0.6 is 11.6 Å². The van der Waals surface area contributed by atoms with E-state index < -0.39 is 35.8 Å². The topological polar surface area (TPSA) is 38.3 Å². The van der Waals surface area contributed by atoms with Gasteiger partial charge >= 0.3 is 6.61 Å². The Balaban J connectivity index is 1.74. The fourth-order valence-corrected chi connectivity index (χ4v) is 3.15. The summed E-state index contributed by atoms with van der Waals surface area (Å²) < 4.78 is 56.4. The van der Waals surface area contributed by atoms with E-state index >= 15 is 0 Å². The number of amides is 1. The molecule has 3 rings (SSSR count). The van der Waals surface area contributed by atoms with Gasteiger partial charge in [-0.1, -0.05) is 42.5 Å². The molecule has 0 saturated heterocycles. The van der Waals surface area contributed by atoms with Gasteiger partial charge in [-0.25, -0.2) is 8.78 Å². The molecule has 0 aliphatic heterocycles. The third-order valence-corrected chi connectivity index (χ3v) is 4.68. The minimum Gasteiger partial charge on any atom is -0.435 e. The SMILES string of the molecule is O=C(NC(CCl)c1ccc(-c2ccc(OC(F)F)cc2)cc1)c1c(F)cccc1F. The highest BCUT2D eigenvalue weighted by Crippen LogP contribution is 2.26. The van der Waals surface area contributed by atoms with Gasteiger partial charge in [-0.05, 0) is 41.0 Å². The van der Waals surface area contributed by atoms with E-state index in [-0.39, 0.29) is 11.6 Å². The maximum Gasteiger partial charge on any atom is 0.387 e. The molecule has 30 heavy (non-hydrogen) atoms. The van der Waals surface area contributed by atoms with Crippen LogP contribution in [0, 0.1) is 11.6 Å². The lowest BCUT2D eigenvalue weighted by Gasteiger charge is -2.17. The van der Waals surface area contributed by atoms with E-state index in [0.29, 0.717) is 5.56 Å². The van der Waals surface area contributed by atoms with Crippen molar-refractivity contribution >= 4 is 17.5 Å². The van der Waals surface area contributed by atoms with Gasteiger partial charge in [0, 0.05) is 5.88 Å². The summed E-state index contributed by atoms with van der Waals surface area (Å²) in [4.78, 5) is 12.3. The van der Waals surface area contributed by atoms with Crippen LogP contribution in [0.3, 0.4) is 0 Å². The molecule has 0 heterocycles. The molecule has 3 nitrogen and oxygen atoms in total. The lowest BCUT2D eigenvalue weighted by molar-refractivity contribution is -0.0498. The lowest BCUT2D eigenvalue weighted by Crippen LogP contribution is -2.31. The van der Waals surface area contributed by atoms with Crippen molar-refractivity contribution < 1.29 is 27.1 Å². The number of nitrogens with one attached hydrogen (secondary N) is 1. The number of hydrogen-bond donors (Lipinski definition) is 1. The molecule has 1 amide bonds. The molecule has 0 radical (unpaired) electrons. The van der Waals surface area contributed by atoms with Gasteiger partial charge in [-0.3, -0.25) is 4.79 Å². The first-order valence-electron chi connectivity index (χ1n) is 8.85. The summed E-state index contributed by atoms with van der Waals surface area (Å²) in [6.07, 6.45) is 0. The summed E-state index contributed by atoms with van der Waals surface area (Å²) in [6.45, 7) is -2.89. The van der Waals surface area contributed by atoms with Gasteiger partial charge in [0.1, 0.15) is 22.9 Å². The molecule has 0 saturated carbocycles. The Morgan fingerprint density at radius 3 is 1.93 bits per heavy atom. The van der Waals surface area contributed by atoms with Crippen LogP contribution in [0.2, 0.25) is 0 Å². The summed E-state index contributed by atoms with van der Waals surface area (Å²) in [5.74, 6) is -2.79. The van der Waals surface area contributed by atoms with Crippen molar-refractivity contribution in [1.29, 1.82) is 0 Å². The quantitative estimate of drug-likeness (QED) is 0.367. The third-order valence-electron chi connectivity index (χ3n) is 4.38. The lowest BCUT2D eigenvalue weighted by atomic mass is 10.0. The van der Waals surface area contributed by atoms with Crippen molar-refractivity contribution in [2.45, 2.75) is 12.7 Å². The fourth-order valence-electron chi connectivity index (χ4n) is 2.89. The van der Waals surface area contributed by atoms with Crippen molar-refractivity contribution in [2.75, 3.05) is 5.88 Å². The molecule has 0 aliphatic rings. The predicted molar refractivity (Wildman–Crippen MR) is 106 cm³/mol. The van der Waals surface area contributed by atoms with E-state index in [1.807, 2.05) is 0 Å². The number of rotatable bonds is 7. The fraction of sp³-hybridized carbons (Fsp3) is 0.136. The number of benzene rings is 3. The normalized spacial score (nSPS) is 11.9. The molecule has 0 spiro atoms. The molecule has 0 aromatic heterocycles. The standard InChI is InChI=1S/C22H16ClF4NO2/c23-12-19(28-21(29)20-17(24)2-1-3-18(20)25)15-6-4-13(5-7-15)14-8-10-16(11-9-14)30-22(26)27/h1-11,19,22H,12H2,(H,28,29). The number of carbonyl (C=O) groups is 1. The molecule has 1 unspecified atom stereocenters. The van der Waals surface area contributed by atoms with Crippen LogP contribution in [0.5, 0.6) is 5.75 Å². The number of halogens is 5. The van der Waals surface area contributed by atoms with Gasteiger partial charge in [0.15, 0.2) is 0 Å². The van der Waals surface area contributed by atoms with Gasteiger partial charge < -0.3 is 10.1 Å². The van der Waals surface area contributed by atoms with E-state index in [0.717, 1.165) is 23.3 Å². The zero-order valence-electron chi connectivity index (χ0n) is 15.4. The Morgan fingerprint density at radius 2 is 1.43 bits per heavy atom. The van der Waals surface area contributed by atoms with E-state index in [1.54, 1.807) is 36.4 Å². The van der Waals surface area contributed by atoms with Crippen LogP contribution in [0.1, 0.15) is 22.0 Å². The van der Waals surface area contributed by atoms with Crippen molar-refractivity contribution in [3.05, 3.63) is 89.5 Å². The van der Waals surface area contributed by atoms with Crippen molar-refractivity contribution in [1.82, 2.24) is 5.32 Å². The Bertz CT molecular complexity index is 990. The molecule has 1 N–H and O–H groups in total. The van der Waals surface area contributed by atoms with Crippen LogP contribution in [0.25, 0.3) is 11.1 Å². The summed E-state index contributed by atoms with van der Waals surface area (Å²) in [7, 11) is 0. The average molecular weight is 438 g/mol. The summed E-state index contributed by atoms with van der Waals surface area (Å²) in [6, 6.07) is 15.6. The van der Waals surface area contributed by atoms with Crippen LogP contribution in [0.4, 0.5) is 17.6 Å². The largest absolute Gasteiger partial charge is 0.435 e. The first-order valence-corrected chi connectivity index (χ1v) is 9.38. The molecule has 0 fully saturated rings. The average Bonchev–Trinajstić information content (AvgIpc) is 2.72. The Morgan fingerprint density at radius 1 is 0.900 bits per heavy atom. The van der Waals surface area contributed by atoms with E-state index in [2.05, 4.69) is 10.1 Å². The minimum atomic E-state index is -2.89. The highest BCUT2D eigenvalue weighted by Gasteiger charge is 2.21. The summed E-state index contributed by atoms with van der Waals surface area (Å²) >= 11 is 5.95. The highest BCUT2D eigenvalue weighted by atomic mass is 35.5. The van der Waals surface area contributed by atoms with Gasteiger partial charge in [-0.15, -0.1) is 11.6 Å². The second kappa shape index (κ2) is 9.63. The second-order valence-electron chi connectivity index (χ2n) is 6.30. The summed E-state index contributed by atoms with van der Waals surface area (Å²) in [5, 5.41) is 2.53. The van der Waals surface area contributed by atoms with Crippen LogP contribution < -0.4 is 10.1 Å². The Hall–Kier alpha value is -3.06. The van der Waals surface area contributed by atoms with Crippen molar-refractivity contribution in [3.8, 4) is 16.9 Å². The zero-order chi connectivity index (χ0) is 21.7. The Kier molecular flexibility index (Phi) is 6.95. The van der Waals surface area contributed by atoms with Crippen molar-refractivity contribution in [3.63, 3.8) is 0 Å². The number of carbonyl (C=O) groups excluding carboxylic acids is 1. The second-order valence-corrected chi connectivity index (χ2v) is 6.61. The Labute approximate surface area is 175 Å². The molecule has 8 heteroatoms. The van der Waals surface area contributed by atoms with Gasteiger partial charge in [0.25, 0.3) is 5.91 Å².